The first-order valence-corrected chi connectivity index (χ1v) is 5.82. The molecule has 0 spiro atoms. The van der Waals surface area contributed by atoms with Gasteiger partial charge in [-0.1, -0.05) is 37.5 Å². The first-order valence-electron chi connectivity index (χ1n) is 5.82. The monoisotopic (exact) mass is 194 g/mol. The molecule has 0 radical (unpaired) electrons. The van der Waals surface area contributed by atoms with Crippen LogP contribution in [0.2, 0.25) is 0 Å². The molecule has 0 N–H and O–H groups in total. The van der Waals surface area contributed by atoms with Gasteiger partial charge in [0, 0.05) is 0 Å². The van der Waals surface area contributed by atoms with Gasteiger partial charge in [0.05, 0.1) is 0 Å². The van der Waals surface area contributed by atoms with Gasteiger partial charge in [0.15, 0.2) is 0 Å². The van der Waals surface area contributed by atoms with Crippen molar-refractivity contribution in [2.24, 2.45) is 5.92 Å². The molecule has 0 unspecified atom stereocenters. The zero-order valence-electron chi connectivity index (χ0n) is 10.4. The van der Waals surface area contributed by atoms with E-state index in [0.717, 1.165) is 12.3 Å². The van der Waals surface area contributed by atoms with Crippen molar-refractivity contribution in [3.05, 3.63) is 23.8 Å². The Hall–Kier alpha value is -0.520. The molecule has 0 heterocycles. The lowest BCUT2D eigenvalue weighted by Gasteiger charge is -2.04. The van der Waals surface area contributed by atoms with Crippen molar-refractivity contribution < 1.29 is 0 Å². The highest BCUT2D eigenvalue weighted by Crippen LogP contribution is 2.13. The normalized spacial score (nSPS) is 12.2. The molecule has 0 saturated heterocycles. The van der Waals surface area contributed by atoms with Crippen LogP contribution < -0.4 is 0 Å². The minimum atomic E-state index is 0.846. The van der Waals surface area contributed by atoms with Gasteiger partial charge in [0.2, 0.25) is 0 Å². The molecule has 0 aliphatic rings. The van der Waals surface area contributed by atoms with Crippen molar-refractivity contribution in [1.29, 1.82) is 0 Å². The van der Waals surface area contributed by atoms with Crippen molar-refractivity contribution in [2.75, 3.05) is 0 Å². The van der Waals surface area contributed by atoms with Gasteiger partial charge in [0.1, 0.15) is 0 Å². The Balaban J connectivity index is 3.51. The maximum Gasteiger partial charge on any atom is -0.0291 e. The van der Waals surface area contributed by atoms with Crippen LogP contribution in [-0.2, 0) is 0 Å². The molecule has 0 rings (SSSR count). The lowest BCUT2D eigenvalue weighted by Crippen LogP contribution is -1.87. The number of rotatable bonds is 7. The summed E-state index contributed by atoms with van der Waals surface area (Å²) in [6.45, 7) is 12.8. The zero-order valence-corrected chi connectivity index (χ0v) is 10.4. The zero-order chi connectivity index (χ0) is 11.0. The average molecular weight is 194 g/mol. The molecule has 0 nitrogen and oxygen atoms in total. The maximum absolute atomic E-state index is 3.91. The summed E-state index contributed by atoms with van der Waals surface area (Å²) in [6.07, 6.45) is 8.65. The molecule has 0 bridgehead atoms. The lowest BCUT2D eigenvalue weighted by atomic mass is 10.0. The van der Waals surface area contributed by atoms with E-state index < -0.39 is 0 Å². The van der Waals surface area contributed by atoms with Gasteiger partial charge >= 0.3 is 0 Å². The number of hydrogen-bond donors (Lipinski definition) is 0. The molecular weight excluding hydrogens is 168 g/mol. The predicted molar refractivity (Wildman–Crippen MR) is 66.5 cm³/mol. The minimum absolute atomic E-state index is 0.846. The first kappa shape index (κ1) is 13.5. The number of allylic oxidation sites excluding steroid dienone is 3. The maximum atomic E-state index is 3.91. The van der Waals surface area contributed by atoms with E-state index in [2.05, 4.69) is 40.3 Å². The summed E-state index contributed by atoms with van der Waals surface area (Å²) in [5, 5.41) is 0. The smallest absolute Gasteiger partial charge is 0.0291 e. The molecule has 0 aromatic heterocycles. The van der Waals surface area contributed by atoms with Crippen molar-refractivity contribution in [2.45, 2.75) is 59.8 Å². The summed E-state index contributed by atoms with van der Waals surface area (Å²) in [5.74, 6) is 0.846. The molecule has 0 heteroatoms. The summed E-state index contributed by atoms with van der Waals surface area (Å²) < 4.78 is 0. The molecule has 0 aromatic rings. The van der Waals surface area contributed by atoms with E-state index in [4.69, 9.17) is 0 Å². The fraction of sp³-hybridized carbons (Fsp3) is 0.714. The Labute approximate surface area is 90.1 Å². The minimum Gasteiger partial charge on any atom is -0.100 e. The van der Waals surface area contributed by atoms with Crippen LogP contribution in [0.3, 0.4) is 0 Å². The van der Waals surface area contributed by atoms with E-state index in [-0.39, 0.29) is 0 Å². The molecule has 0 aliphatic heterocycles. The molecule has 14 heavy (non-hydrogen) atoms. The average Bonchev–Trinajstić information content (AvgIpc) is 2.02. The highest BCUT2D eigenvalue weighted by molar-refractivity contribution is 5.00. The van der Waals surface area contributed by atoms with Gasteiger partial charge in [-0.2, -0.15) is 0 Å². The summed E-state index contributed by atoms with van der Waals surface area (Å²) in [6, 6.07) is 0. The quantitative estimate of drug-likeness (QED) is 0.494. The van der Waals surface area contributed by atoms with Gasteiger partial charge in [0.25, 0.3) is 0 Å². The Morgan fingerprint density at radius 2 is 1.86 bits per heavy atom. The third kappa shape index (κ3) is 9.57. The van der Waals surface area contributed by atoms with Crippen molar-refractivity contribution >= 4 is 0 Å². The molecule has 0 atom stereocenters. The largest absolute Gasteiger partial charge is 0.100 e. The van der Waals surface area contributed by atoms with Crippen LogP contribution in [0.25, 0.3) is 0 Å². The fourth-order valence-electron chi connectivity index (χ4n) is 1.46. The highest BCUT2D eigenvalue weighted by Gasteiger charge is 1.95. The Morgan fingerprint density at radius 3 is 2.36 bits per heavy atom. The topological polar surface area (TPSA) is 0 Å². The molecule has 0 aromatic carbocycles. The molecule has 0 amide bonds. The highest BCUT2D eigenvalue weighted by atomic mass is 14.0. The Kier molecular flexibility index (Phi) is 7.55. The number of hydrogen-bond acceptors (Lipinski definition) is 0. The van der Waals surface area contributed by atoms with Crippen molar-refractivity contribution in [1.82, 2.24) is 0 Å². The van der Waals surface area contributed by atoms with E-state index in [0.29, 0.717) is 0 Å². The first-order chi connectivity index (χ1) is 6.52. The second-order valence-electron chi connectivity index (χ2n) is 4.83. The lowest BCUT2D eigenvalue weighted by molar-refractivity contribution is 0.554. The van der Waals surface area contributed by atoms with E-state index in [1.54, 1.807) is 5.57 Å². The fourth-order valence-corrected chi connectivity index (χ4v) is 1.46. The van der Waals surface area contributed by atoms with Crippen LogP contribution in [-0.4, -0.2) is 0 Å². The standard InChI is InChI=1S/C14H26/c1-12(2)8-6-10-14(5)11-7-9-13(3)4/h10,13H,1,6-9,11H2,2-5H3/b14-10+. The van der Waals surface area contributed by atoms with Crippen molar-refractivity contribution in [3.8, 4) is 0 Å². The van der Waals surface area contributed by atoms with E-state index in [1.165, 1.54) is 31.3 Å². The molecule has 0 aliphatic carbocycles. The van der Waals surface area contributed by atoms with Crippen LogP contribution >= 0.6 is 0 Å². The van der Waals surface area contributed by atoms with Gasteiger partial charge in [-0.15, -0.1) is 6.58 Å². The van der Waals surface area contributed by atoms with Crippen LogP contribution in [0.5, 0.6) is 0 Å². The van der Waals surface area contributed by atoms with Gasteiger partial charge in [-0.05, 0) is 45.4 Å². The van der Waals surface area contributed by atoms with Crippen LogP contribution in [0.4, 0.5) is 0 Å². The van der Waals surface area contributed by atoms with Crippen molar-refractivity contribution in [3.63, 3.8) is 0 Å². The van der Waals surface area contributed by atoms with E-state index in [9.17, 15) is 0 Å². The Bertz CT molecular complexity index is 184. The van der Waals surface area contributed by atoms with Crippen LogP contribution in [0.1, 0.15) is 59.8 Å². The van der Waals surface area contributed by atoms with Crippen LogP contribution in [0, 0.1) is 5.92 Å². The van der Waals surface area contributed by atoms with Gasteiger partial charge < -0.3 is 0 Å². The van der Waals surface area contributed by atoms with Gasteiger partial charge in [-0.3, -0.25) is 0 Å². The third-order valence-corrected chi connectivity index (χ3v) is 2.42. The molecule has 0 fully saturated rings. The second kappa shape index (κ2) is 7.84. The molecule has 0 saturated carbocycles. The van der Waals surface area contributed by atoms with Gasteiger partial charge in [-0.25, -0.2) is 0 Å². The second-order valence-corrected chi connectivity index (χ2v) is 4.83. The van der Waals surface area contributed by atoms with E-state index >= 15 is 0 Å². The van der Waals surface area contributed by atoms with Crippen LogP contribution in [0.15, 0.2) is 23.8 Å². The predicted octanol–water partition coefficient (Wildman–Crippen LogP) is 5.12. The summed E-state index contributed by atoms with van der Waals surface area (Å²) in [7, 11) is 0. The SMILES string of the molecule is C=C(C)CC/C=C(\C)CCCC(C)C. The summed E-state index contributed by atoms with van der Waals surface area (Å²) >= 11 is 0. The summed E-state index contributed by atoms with van der Waals surface area (Å²) in [4.78, 5) is 0. The molecule has 82 valence electrons. The molecular formula is C14H26. The Morgan fingerprint density at radius 1 is 1.21 bits per heavy atom. The van der Waals surface area contributed by atoms with E-state index in [1.807, 2.05) is 0 Å². The summed E-state index contributed by atoms with van der Waals surface area (Å²) in [5.41, 5.74) is 2.84. The third-order valence-electron chi connectivity index (χ3n) is 2.42.